The Labute approximate surface area is 93.9 Å². The molecule has 0 saturated heterocycles. The molecule has 0 aliphatic carbocycles. The molecule has 0 unspecified atom stereocenters. The number of aromatic hydroxyl groups is 2. The number of phenols is 2. The van der Waals surface area contributed by atoms with Gasteiger partial charge in [0.05, 0.1) is 0 Å². The number of carboxylic acid groups (broad SMARTS) is 1. The normalized spacial score (nSPS) is 9.56. The molecule has 0 aliphatic rings. The van der Waals surface area contributed by atoms with Crippen molar-refractivity contribution in [2.75, 3.05) is 0 Å². The minimum absolute atomic E-state index is 0. The number of unbranched alkanes of at least 4 members (excludes halogenated alkanes) is 1. The molecule has 5 nitrogen and oxygen atoms in total. The first-order chi connectivity index (χ1) is 7.06. The summed E-state index contributed by atoms with van der Waals surface area (Å²) in [6.45, 7) is 2.03. The topological polar surface area (TPSA) is 113 Å². The Bertz CT molecular complexity index is 376. The van der Waals surface area contributed by atoms with Gasteiger partial charge in [-0.1, -0.05) is 13.3 Å². The summed E-state index contributed by atoms with van der Waals surface area (Å²) >= 11 is 0. The number of hydrogen-bond acceptors (Lipinski definition) is 4. The van der Waals surface area contributed by atoms with E-state index in [1.165, 1.54) is 12.1 Å². The molecule has 0 heterocycles. The summed E-state index contributed by atoms with van der Waals surface area (Å²) < 4.78 is 0. The SMILES string of the molecule is CCCCc1cc(O)c(O)c(C(=O)O)c1.N. The second-order valence-corrected chi connectivity index (χ2v) is 3.42. The average molecular weight is 227 g/mol. The van der Waals surface area contributed by atoms with E-state index in [4.69, 9.17) is 5.11 Å². The van der Waals surface area contributed by atoms with E-state index in [0.29, 0.717) is 6.42 Å². The van der Waals surface area contributed by atoms with Crippen LogP contribution in [0, 0.1) is 0 Å². The molecule has 1 rings (SSSR count). The summed E-state index contributed by atoms with van der Waals surface area (Å²) in [5, 5.41) is 27.4. The largest absolute Gasteiger partial charge is 0.504 e. The van der Waals surface area contributed by atoms with Crippen molar-refractivity contribution < 1.29 is 20.1 Å². The Morgan fingerprint density at radius 2 is 1.94 bits per heavy atom. The van der Waals surface area contributed by atoms with Crippen molar-refractivity contribution in [1.29, 1.82) is 0 Å². The molecule has 0 radical (unpaired) electrons. The minimum atomic E-state index is -1.24. The first-order valence-corrected chi connectivity index (χ1v) is 4.84. The van der Waals surface area contributed by atoms with Crippen LogP contribution in [0.1, 0.15) is 35.7 Å². The van der Waals surface area contributed by atoms with Crippen LogP contribution in [0.5, 0.6) is 11.5 Å². The lowest BCUT2D eigenvalue weighted by atomic mass is 10.0. The van der Waals surface area contributed by atoms with Crippen molar-refractivity contribution in [3.05, 3.63) is 23.3 Å². The summed E-state index contributed by atoms with van der Waals surface area (Å²) in [6, 6.07) is 2.80. The van der Waals surface area contributed by atoms with Crippen molar-refractivity contribution in [3.63, 3.8) is 0 Å². The van der Waals surface area contributed by atoms with Gasteiger partial charge in [-0.25, -0.2) is 4.79 Å². The third-order valence-corrected chi connectivity index (χ3v) is 2.20. The first kappa shape index (κ1) is 14.2. The van der Waals surface area contributed by atoms with E-state index >= 15 is 0 Å². The van der Waals surface area contributed by atoms with Gasteiger partial charge in [-0.15, -0.1) is 0 Å². The van der Waals surface area contributed by atoms with Crippen LogP contribution in [-0.2, 0) is 6.42 Å². The van der Waals surface area contributed by atoms with Crippen LogP contribution in [0.25, 0.3) is 0 Å². The molecule has 6 N–H and O–H groups in total. The van der Waals surface area contributed by atoms with Crippen LogP contribution in [0.3, 0.4) is 0 Å². The second-order valence-electron chi connectivity index (χ2n) is 3.42. The van der Waals surface area contributed by atoms with Crippen LogP contribution >= 0.6 is 0 Å². The standard InChI is InChI=1S/C11H14O4.H3N/c1-2-3-4-7-5-8(11(14)15)10(13)9(12)6-7;/h5-6,12-13H,2-4H2,1H3,(H,14,15);1H3. The zero-order valence-corrected chi connectivity index (χ0v) is 9.23. The fourth-order valence-electron chi connectivity index (χ4n) is 1.37. The van der Waals surface area contributed by atoms with Crippen molar-refractivity contribution in [2.24, 2.45) is 0 Å². The molecule has 0 amide bonds. The number of aryl methyl sites for hydroxylation is 1. The first-order valence-electron chi connectivity index (χ1n) is 4.84. The molecule has 1 aromatic carbocycles. The van der Waals surface area contributed by atoms with Crippen LogP contribution in [0.15, 0.2) is 12.1 Å². The number of carboxylic acids is 1. The molecular weight excluding hydrogens is 210 g/mol. The summed E-state index contributed by atoms with van der Waals surface area (Å²) in [4.78, 5) is 10.7. The van der Waals surface area contributed by atoms with E-state index < -0.39 is 11.7 Å². The number of hydrogen-bond donors (Lipinski definition) is 4. The van der Waals surface area contributed by atoms with Crippen molar-refractivity contribution in [3.8, 4) is 11.5 Å². The number of benzene rings is 1. The Morgan fingerprint density at radius 1 is 1.31 bits per heavy atom. The molecule has 0 aromatic heterocycles. The highest BCUT2D eigenvalue weighted by molar-refractivity contribution is 5.92. The highest BCUT2D eigenvalue weighted by Crippen LogP contribution is 2.30. The lowest BCUT2D eigenvalue weighted by molar-refractivity contribution is 0.0693. The van der Waals surface area contributed by atoms with Gasteiger partial charge in [0, 0.05) is 0 Å². The molecule has 0 bridgehead atoms. The predicted octanol–water partition coefficient (Wildman–Crippen LogP) is 2.30. The highest BCUT2D eigenvalue weighted by Gasteiger charge is 2.14. The van der Waals surface area contributed by atoms with Crippen LogP contribution in [0.4, 0.5) is 0 Å². The molecule has 5 heteroatoms. The lowest BCUT2D eigenvalue weighted by Gasteiger charge is -2.06. The van der Waals surface area contributed by atoms with Crippen molar-refractivity contribution in [2.45, 2.75) is 26.2 Å². The maximum Gasteiger partial charge on any atom is 0.339 e. The van der Waals surface area contributed by atoms with Crippen LogP contribution < -0.4 is 6.15 Å². The number of aromatic carboxylic acids is 1. The van der Waals surface area contributed by atoms with E-state index in [1.807, 2.05) is 6.92 Å². The number of phenolic OH excluding ortho intramolecular Hbond substituents is 1. The van der Waals surface area contributed by atoms with E-state index in [2.05, 4.69) is 0 Å². The summed E-state index contributed by atoms with van der Waals surface area (Å²) in [7, 11) is 0. The van der Waals surface area contributed by atoms with E-state index in [-0.39, 0.29) is 17.5 Å². The number of rotatable bonds is 4. The van der Waals surface area contributed by atoms with Crippen molar-refractivity contribution in [1.82, 2.24) is 6.15 Å². The quantitative estimate of drug-likeness (QED) is 0.589. The van der Waals surface area contributed by atoms with E-state index in [9.17, 15) is 15.0 Å². The molecule has 90 valence electrons. The molecule has 0 atom stereocenters. The molecule has 0 spiro atoms. The molecule has 1 aromatic rings. The molecular formula is C11H17NO4. The summed E-state index contributed by atoms with van der Waals surface area (Å²) in [5.74, 6) is -2.18. The van der Waals surface area contributed by atoms with Gasteiger partial charge < -0.3 is 21.5 Å². The van der Waals surface area contributed by atoms with Gasteiger partial charge in [0.15, 0.2) is 11.5 Å². The van der Waals surface area contributed by atoms with Gasteiger partial charge in [-0.3, -0.25) is 0 Å². The lowest BCUT2D eigenvalue weighted by Crippen LogP contribution is -1.99. The van der Waals surface area contributed by atoms with Crippen LogP contribution in [0.2, 0.25) is 0 Å². The van der Waals surface area contributed by atoms with E-state index in [1.54, 1.807) is 0 Å². The number of carbonyl (C=O) groups is 1. The second kappa shape index (κ2) is 5.97. The van der Waals surface area contributed by atoms with Gasteiger partial charge in [0.25, 0.3) is 0 Å². The van der Waals surface area contributed by atoms with Gasteiger partial charge in [-0.05, 0) is 30.5 Å². The van der Waals surface area contributed by atoms with Gasteiger partial charge in [0.1, 0.15) is 5.56 Å². The molecule has 16 heavy (non-hydrogen) atoms. The highest BCUT2D eigenvalue weighted by atomic mass is 16.4. The Balaban J connectivity index is 0.00000225. The molecule has 0 fully saturated rings. The fourth-order valence-corrected chi connectivity index (χ4v) is 1.37. The fraction of sp³-hybridized carbons (Fsp3) is 0.364. The smallest absolute Gasteiger partial charge is 0.339 e. The zero-order valence-electron chi connectivity index (χ0n) is 9.23. The van der Waals surface area contributed by atoms with Gasteiger partial charge in [0.2, 0.25) is 0 Å². The predicted molar refractivity (Wildman–Crippen MR) is 60.4 cm³/mol. The van der Waals surface area contributed by atoms with Crippen LogP contribution in [-0.4, -0.2) is 21.3 Å². The maximum atomic E-state index is 10.7. The maximum absolute atomic E-state index is 10.7. The monoisotopic (exact) mass is 227 g/mol. The third kappa shape index (κ3) is 3.13. The minimum Gasteiger partial charge on any atom is -0.504 e. The Morgan fingerprint density at radius 3 is 2.44 bits per heavy atom. The zero-order chi connectivity index (χ0) is 11.4. The molecule has 0 saturated carbocycles. The van der Waals surface area contributed by atoms with E-state index in [0.717, 1.165) is 18.4 Å². The summed E-state index contributed by atoms with van der Waals surface area (Å²) in [5.41, 5.74) is 0.477. The Kier molecular flexibility index (Phi) is 5.32. The Hall–Kier alpha value is -1.75. The van der Waals surface area contributed by atoms with Gasteiger partial charge in [-0.2, -0.15) is 0 Å². The average Bonchev–Trinajstić information content (AvgIpc) is 2.19. The third-order valence-electron chi connectivity index (χ3n) is 2.20. The molecule has 0 aliphatic heterocycles. The summed E-state index contributed by atoms with van der Waals surface area (Å²) in [6.07, 6.45) is 2.61. The van der Waals surface area contributed by atoms with Gasteiger partial charge >= 0.3 is 5.97 Å². The van der Waals surface area contributed by atoms with Crippen molar-refractivity contribution >= 4 is 5.97 Å².